The Morgan fingerprint density at radius 1 is 0.971 bits per heavy atom. The Morgan fingerprint density at radius 3 is 2.18 bits per heavy atom. The zero-order chi connectivity index (χ0) is 24.9. The van der Waals surface area contributed by atoms with Crippen LogP contribution < -0.4 is 5.32 Å². The molecule has 0 aliphatic rings. The van der Waals surface area contributed by atoms with Crippen molar-refractivity contribution in [3.63, 3.8) is 0 Å². The molecule has 3 rings (SSSR count). The Balaban J connectivity index is 1.77. The van der Waals surface area contributed by atoms with Crippen molar-refractivity contribution in [2.75, 3.05) is 32.1 Å². The smallest absolute Gasteiger partial charge is 0.383 e. The van der Waals surface area contributed by atoms with E-state index in [0.29, 0.717) is 5.56 Å². The first-order chi connectivity index (χ1) is 16.1. The van der Waals surface area contributed by atoms with E-state index in [-0.39, 0.29) is 18.8 Å². The molecular formula is C25H26F3N3O3. The molecule has 0 aliphatic heterocycles. The Bertz CT molecular complexity index is 1130. The summed E-state index contributed by atoms with van der Waals surface area (Å²) in [5, 5.41) is 2.27. The van der Waals surface area contributed by atoms with Crippen molar-refractivity contribution in [3.8, 4) is 5.69 Å². The minimum atomic E-state index is -4.62. The zero-order valence-corrected chi connectivity index (χ0v) is 19.1. The van der Waals surface area contributed by atoms with Gasteiger partial charge in [-0.05, 0) is 62.4 Å². The minimum absolute atomic E-state index is 0.0985. The number of aromatic nitrogens is 1. The molecule has 0 spiro atoms. The lowest BCUT2D eigenvalue weighted by atomic mass is 10.1. The van der Waals surface area contributed by atoms with E-state index in [1.54, 1.807) is 24.3 Å². The van der Waals surface area contributed by atoms with Crippen LogP contribution in [0.1, 0.15) is 27.3 Å². The van der Waals surface area contributed by atoms with E-state index in [1.165, 1.54) is 30.2 Å². The van der Waals surface area contributed by atoms with E-state index >= 15 is 0 Å². The topological polar surface area (TPSA) is 63.6 Å². The van der Waals surface area contributed by atoms with Gasteiger partial charge < -0.3 is 19.5 Å². The van der Waals surface area contributed by atoms with Gasteiger partial charge >= 0.3 is 6.18 Å². The minimum Gasteiger partial charge on any atom is -0.383 e. The van der Waals surface area contributed by atoms with Gasteiger partial charge in [-0.1, -0.05) is 12.1 Å². The number of para-hydroxylation sites is 1. The van der Waals surface area contributed by atoms with Gasteiger partial charge in [0.05, 0.1) is 17.9 Å². The fraction of sp³-hybridized carbons (Fsp3) is 0.280. The molecule has 2 aromatic carbocycles. The van der Waals surface area contributed by atoms with Crippen molar-refractivity contribution in [3.05, 3.63) is 83.2 Å². The predicted octanol–water partition coefficient (Wildman–Crippen LogP) is 4.84. The summed E-state index contributed by atoms with van der Waals surface area (Å²) < 4.78 is 46.8. The number of anilines is 1. The number of carbonyl (C=O) groups is 2. The molecular weight excluding hydrogens is 447 g/mol. The van der Waals surface area contributed by atoms with Crippen LogP contribution in [0.3, 0.4) is 0 Å². The van der Waals surface area contributed by atoms with Gasteiger partial charge in [-0.15, -0.1) is 0 Å². The highest BCUT2D eigenvalue weighted by Gasteiger charge is 2.33. The fourth-order valence-electron chi connectivity index (χ4n) is 3.67. The number of halogens is 3. The summed E-state index contributed by atoms with van der Waals surface area (Å²) >= 11 is 0. The molecule has 1 heterocycles. The summed E-state index contributed by atoms with van der Waals surface area (Å²) in [6, 6.07) is 15.6. The summed E-state index contributed by atoms with van der Waals surface area (Å²) in [6.07, 6.45) is -4.62. The van der Waals surface area contributed by atoms with Crippen molar-refractivity contribution < 1.29 is 27.5 Å². The van der Waals surface area contributed by atoms with Gasteiger partial charge in [-0.25, -0.2) is 0 Å². The van der Waals surface area contributed by atoms with E-state index in [9.17, 15) is 22.8 Å². The molecule has 2 amide bonds. The second kappa shape index (κ2) is 10.6. The molecule has 0 saturated carbocycles. The number of methoxy groups -OCH3 is 1. The third-order valence-corrected chi connectivity index (χ3v) is 5.34. The maximum Gasteiger partial charge on any atom is 0.418 e. The van der Waals surface area contributed by atoms with Crippen LogP contribution in [0.4, 0.5) is 18.9 Å². The van der Waals surface area contributed by atoms with E-state index < -0.39 is 30.1 Å². The van der Waals surface area contributed by atoms with Gasteiger partial charge in [-0.2, -0.15) is 13.2 Å². The van der Waals surface area contributed by atoms with Crippen molar-refractivity contribution in [2.45, 2.75) is 20.0 Å². The molecule has 0 bridgehead atoms. The molecule has 0 unspecified atom stereocenters. The van der Waals surface area contributed by atoms with E-state index in [2.05, 4.69) is 5.32 Å². The highest BCUT2D eigenvalue weighted by molar-refractivity contribution is 5.99. The first kappa shape index (κ1) is 25.0. The molecule has 0 fully saturated rings. The van der Waals surface area contributed by atoms with Crippen molar-refractivity contribution in [1.82, 2.24) is 9.47 Å². The van der Waals surface area contributed by atoms with Crippen LogP contribution in [0.15, 0.2) is 60.7 Å². The van der Waals surface area contributed by atoms with Gasteiger partial charge in [-0.3, -0.25) is 9.59 Å². The predicted molar refractivity (Wildman–Crippen MR) is 123 cm³/mol. The first-order valence-corrected chi connectivity index (χ1v) is 10.6. The number of hydrogen-bond acceptors (Lipinski definition) is 3. The van der Waals surface area contributed by atoms with Gasteiger partial charge in [0.2, 0.25) is 5.91 Å². The average molecular weight is 473 g/mol. The van der Waals surface area contributed by atoms with Crippen LogP contribution >= 0.6 is 0 Å². The lowest BCUT2D eigenvalue weighted by Crippen LogP contribution is -2.40. The number of carbonyl (C=O) groups excluding carboxylic acids is 2. The largest absolute Gasteiger partial charge is 0.418 e. The van der Waals surface area contributed by atoms with Gasteiger partial charge in [0.25, 0.3) is 5.91 Å². The van der Waals surface area contributed by atoms with Gasteiger partial charge in [0, 0.05) is 36.3 Å². The number of hydrogen-bond donors (Lipinski definition) is 1. The Labute approximate surface area is 195 Å². The van der Waals surface area contributed by atoms with Crippen LogP contribution in [-0.4, -0.2) is 48.1 Å². The van der Waals surface area contributed by atoms with Crippen molar-refractivity contribution >= 4 is 17.5 Å². The molecule has 3 aromatic rings. The summed E-state index contributed by atoms with van der Waals surface area (Å²) in [6.45, 7) is 3.80. The summed E-state index contributed by atoms with van der Waals surface area (Å²) in [4.78, 5) is 26.9. The second-order valence-electron chi connectivity index (χ2n) is 7.81. The van der Waals surface area contributed by atoms with Crippen LogP contribution in [0.5, 0.6) is 0 Å². The molecule has 180 valence electrons. The van der Waals surface area contributed by atoms with E-state index in [1.807, 2.05) is 30.5 Å². The Hall–Kier alpha value is -3.59. The molecule has 1 aromatic heterocycles. The van der Waals surface area contributed by atoms with Crippen LogP contribution in [0, 0.1) is 13.8 Å². The Morgan fingerprint density at radius 2 is 1.59 bits per heavy atom. The summed E-state index contributed by atoms with van der Waals surface area (Å²) in [7, 11) is 1.46. The fourth-order valence-corrected chi connectivity index (χ4v) is 3.67. The lowest BCUT2D eigenvalue weighted by molar-refractivity contribution is -0.137. The van der Waals surface area contributed by atoms with Crippen LogP contribution in [0.2, 0.25) is 0 Å². The number of ether oxygens (including phenoxy) is 1. The van der Waals surface area contributed by atoms with E-state index in [4.69, 9.17) is 4.74 Å². The number of benzene rings is 2. The number of rotatable bonds is 8. The molecule has 0 atom stereocenters. The third kappa shape index (κ3) is 5.85. The molecule has 9 heteroatoms. The highest BCUT2D eigenvalue weighted by atomic mass is 19.4. The molecule has 0 radical (unpaired) electrons. The number of nitrogens with zero attached hydrogens (tertiary/aromatic N) is 2. The lowest BCUT2D eigenvalue weighted by Gasteiger charge is -2.23. The number of aryl methyl sites for hydroxylation is 2. The maximum absolute atomic E-state index is 13.2. The molecule has 34 heavy (non-hydrogen) atoms. The molecule has 1 N–H and O–H groups in total. The second-order valence-corrected chi connectivity index (χ2v) is 7.81. The quantitative estimate of drug-likeness (QED) is 0.509. The Kier molecular flexibility index (Phi) is 7.78. The standard InChI is InChI=1S/C25H26F3N3O3/c1-17-8-9-18(2)31(17)20-12-10-19(11-13-20)24(33)30(14-15-34-3)16-23(32)29-22-7-5-4-6-21(22)25(26,27)28/h4-13H,14-16H2,1-3H3,(H,29,32). The summed E-state index contributed by atoms with van der Waals surface area (Å²) in [5.74, 6) is -1.17. The highest BCUT2D eigenvalue weighted by Crippen LogP contribution is 2.34. The SMILES string of the molecule is COCCN(CC(=O)Nc1ccccc1C(F)(F)F)C(=O)c1ccc(-n2c(C)ccc2C)cc1. The van der Waals surface area contributed by atoms with Crippen LogP contribution in [-0.2, 0) is 15.7 Å². The summed E-state index contributed by atoms with van der Waals surface area (Å²) in [5.41, 5.74) is 2.03. The molecule has 0 aliphatic carbocycles. The number of amides is 2. The normalized spacial score (nSPS) is 11.4. The molecule has 6 nitrogen and oxygen atoms in total. The van der Waals surface area contributed by atoms with Crippen molar-refractivity contribution in [1.29, 1.82) is 0 Å². The monoisotopic (exact) mass is 473 g/mol. The van der Waals surface area contributed by atoms with Crippen LogP contribution in [0.25, 0.3) is 5.69 Å². The average Bonchev–Trinajstić information content (AvgIpc) is 3.13. The third-order valence-electron chi connectivity index (χ3n) is 5.34. The van der Waals surface area contributed by atoms with E-state index in [0.717, 1.165) is 23.1 Å². The molecule has 0 saturated heterocycles. The first-order valence-electron chi connectivity index (χ1n) is 10.6. The van der Waals surface area contributed by atoms with Gasteiger partial charge in [0.1, 0.15) is 6.54 Å². The number of alkyl halides is 3. The van der Waals surface area contributed by atoms with Gasteiger partial charge in [0.15, 0.2) is 0 Å². The number of nitrogens with one attached hydrogen (secondary N) is 1. The van der Waals surface area contributed by atoms with Crippen molar-refractivity contribution in [2.24, 2.45) is 0 Å². The zero-order valence-electron chi connectivity index (χ0n) is 19.1. The maximum atomic E-state index is 13.2.